The van der Waals surface area contributed by atoms with Crippen LogP contribution in [0.25, 0.3) is 0 Å². The highest BCUT2D eigenvalue weighted by atomic mass is 16.6. The van der Waals surface area contributed by atoms with Gasteiger partial charge in [-0.15, -0.1) is 0 Å². The first kappa shape index (κ1) is 20.2. The molecule has 1 aromatic carbocycles. The fourth-order valence-corrected chi connectivity index (χ4v) is 0.974. The van der Waals surface area contributed by atoms with Crippen LogP contribution in [0, 0.1) is 30.3 Å². The summed E-state index contributed by atoms with van der Waals surface area (Å²) < 4.78 is 0. The lowest BCUT2D eigenvalue weighted by Crippen LogP contribution is -2.34. The Balaban J connectivity index is 0.000000585. The molecule has 0 radical (unpaired) electrons. The molecule has 0 aliphatic heterocycles. The lowest BCUT2D eigenvalue weighted by Gasteiger charge is -2.27. The zero-order valence-electron chi connectivity index (χ0n) is 13.3. The first-order valence-corrected chi connectivity index (χ1v) is 6.26. The summed E-state index contributed by atoms with van der Waals surface area (Å²) in [5, 5.41) is 40.2. The fraction of sp³-hybridized carbons (Fsp3) is 0.500. The molecule has 11 nitrogen and oxygen atoms in total. The Bertz CT molecular complexity index is 587. The maximum Gasteiger partial charge on any atom is 0.324 e. The Labute approximate surface area is 131 Å². The standard InChI is InChI=1S/C6H3N3O7.C6H15N/c10-6-4(8(13)14)1-3(7(11)12)2-5(6)9(15)16;1-6(2,3)7(4)5/h1-2,10H;1-5H3. The number of phenolic OH excluding ortho intramolecular Hbond substituents is 1. The van der Waals surface area contributed by atoms with Crippen LogP contribution >= 0.6 is 0 Å². The van der Waals surface area contributed by atoms with Crippen LogP contribution in [0.15, 0.2) is 12.1 Å². The van der Waals surface area contributed by atoms with Crippen molar-refractivity contribution < 1.29 is 19.9 Å². The van der Waals surface area contributed by atoms with Gasteiger partial charge < -0.3 is 10.0 Å². The molecule has 0 saturated heterocycles. The molecule has 128 valence electrons. The van der Waals surface area contributed by atoms with Crippen molar-refractivity contribution in [2.45, 2.75) is 26.3 Å². The summed E-state index contributed by atoms with van der Waals surface area (Å²) in [7, 11) is 4.17. The van der Waals surface area contributed by atoms with Gasteiger partial charge in [-0.2, -0.15) is 0 Å². The van der Waals surface area contributed by atoms with Crippen molar-refractivity contribution in [2.24, 2.45) is 0 Å². The van der Waals surface area contributed by atoms with Crippen LogP contribution in [0.1, 0.15) is 20.8 Å². The summed E-state index contributed by atoms with van der Waals surface area (Å²) in [6.45, 7) is 6.56. The van der Waals surface area contributed by atoms with Crippen molar-refractivity contribution in [1.29, 1.82) is 0 Å². The average molecular weight is 330 g/mol. The first-order chi connectivity index (χ1) is 10.3. The van der Waals surface area contributed by atoms with Crippen LogP contribution in [-0.4, -0.2) is 44.4 Å². The zero-order valence-corrected chi connectivity index (χ0v) is 13.3. The number of nitro groups is 3. The van der Waals surface area contributed by atoms with Crippen LogP contribution in [-0.2, 0) is 0 Å². The third-order valence-electron chi connectivity index (χ3n) is 3.00. The highest BCUT2D eigenvalue weighted by Gasteiger charge is 2.30. The maximum atomic E-state index is 10.4. The van der Waals surface area contributed by atoms with E-state index in [1.54, 1.807) is 0 Å². The zero-order chi connectivity index (χ0) is 18.5. The van der Waals surface area contributed by atoms with Gasteiger partial charge in [-0.05, 0) is 34.9 Å². The first-order valence-electron chi connectivity index (χ1n) is 6.26. The number of hydrogen-bond donors (Lipinski definition) is 1. The lowest BCUT2D eigenvalue weighted by atomic mass is 10.1. The number of benzene rings is 1. The van der Waals surface area contributed by atoms with Gasteiger partial charge in [0.2, 0.25) is 0 Å². The minimum atomic E-state index is -1.21. The normalized spacial score (nSPS) is 10.7. The van der Waals surface area contributed by atoms with Gasteiger partial charge in [0.25, 0.3) is 11.4 Å². The van der Waals surface area contributed by atoms with E-state index in [9.17, 15) is 30.3 Å². The molecule has 0 fully saturated rings. The van der Waals surface area contributed by atoms with E-state index in [1.807, 2.05) is 0 Å². The van der Waals surface area contributed by atoms with Crippen LogP contribution < -0.4 is 0 Å². The molecular formula is C12H18N4O7. The molecule has 0 aromatic heterocycles. The second kappa shape index (κ2) is 7.45. The number of hydrogen-bond acceptors (Lipinski definition) is 8. The van der Waals surface area contributed by atoms with E-state index in [0.29, 0.717) is 17.7 Å². The van der Waals surface area contributed by atoms with Crippen molar-refractivity contribution in [2.75, 3.05) is 14.1 Å². The molecule has 0 atom stereocenters. The molecule has 0 unspecified atom stereocenters. The van der Waals surface area contributed by atoms with Crippen molar-refractivity contribution in [1.82, 2.24) is 4.90 Å². The summed E-state index contributed by atoms with van der Waals surface area (Å²) in [6.07, 6.45) is 0. The summed E-state index contributed by atoms with van der Waals surface area (Å²) in [5.41, 5.74) is -2.67. The minimum absolute atomic E-state index is 0.333. The monoisotopic (exact) mass is 330 g/mol. The van der Waals surface area contributed by atoms with Gasteiger partial charge in [0.15, 0.2) is 0 Å². The number of aromatic hydroxyl groups is 1. The summed E-state index contributed by atoms with van der Waals surface area (Å²) >= 11 is 0. The van der Waals surface area contributed by atoms with Gasteiger partial charge in [0.1, 0.15) is 0 Å². The van der Waals surface area contributed by atoms with E-state index < -0.39 is 37.6 Å². The van der Waals surface area contributed by atoms with E-state index in [4.69, 9.17) is 5.11 Å². The lowest BCUT2D eigenvalue weighted by molar-refractivity contribution is -0.404. The van der Waals surface area contributed by atoms with E-state index in [1.165, 1.54) is 0 Å². The van der Waals surface area contributed by atoms with E-state index in [2.05, 4.69) is 39.8 Å². The number of nitro benzene ring substituents is 3. The number of nitrogens with zero attached hydrogens (tertiary/aromatic N) is 4. The van der Waals surface area contributed by atoms with Crippen LogP contribution in [0.3, 0.4) is 0 Å². The number of non-ortho nitro benzene ring substituents is 1. The third-order valence-corrected chi connectivity index (χ3v) is 3.00. The van der Waals surface area contributed by atoms with E-state index >= 15 is 0 Å². The Morgan fingerprint density at radius 2 is 1.22 bits per heavy atom. The SMILES string of the molecule is CN(C)C(C)(C)C.O=[N+]([O-])c1cc([N+](=O)[O-])c(O)c([N+](=O)[O-])c1. The van der Waals surface area contributed by atoms with Gasteiger partial charge in [-0.1, -0.05) is 0 Å². The number of phenols is 1. The van der Waals surface area contributed by atoms with Gasteiger partial charge in [-0.25, -0.2) is 0 Å². The molecule has 1 N–H and O–H groups in total. The molecule has 0 saturated carbocycles. The van der Waals surface area contributed by atoms with Gasteiger partial charge in [-0.3, -0.25) is 30.3 Å². The van der Waals surface area contributed by atoms with Gasteiger partial charge in [0.05, 0.1) is 26.9 Å². The summed E-state index contributed by atoms with van der Waals surface area (Å²) in [4.78, 5) is 30.0. The smallest absolute Gasteiger partial charge is 0.324 e. The molecule has 0 aliphatic carbocycles. The third kappa shape index (κ3) is 5.82. The molecule has 1 rings (SSSR count). The topological polar surface area (TPSA) is 153 Å². The molecule has 11 heteroatoms. The Morgan fingerprint density at radius 3 is 1.39 bits per heavy atom. The second-order valence-electron chi connectivity index (χ2n) is 5.67. The molecule has 0 heterocycles. The Morgan fingerprint density at radius 1 is 0.913 bits per heavy atom. The molecule has 0 spiro atoms. The van der Waals surface area contributed by atoms with Crippen LogP contribution in [0.4, 0.5) is 17.1 Å². The largest absolute Gasteiger partial charge is 0.497 e. The predicted octanol–water partition coefficient (Wildman–Crippen LogP) is 2.46. The summed E-state index contributed by atoms with van der Waals surface area (Å²) in [6, 6.07) is 0.894. The second-order valence-corrected chi connectivity index (χ2v) is 5.67. The molecule has 0 amide bonds. The molecule has 1 aromatic rings. The molecule has 0 aliphatic rings. The van der Waals surface area contributed by atoms with E-state index in [-0.39, 0.29) is 0 Å². The highest BCUT2D eigenvalue weighted by molar-refractivity contribution is 5.64. The molecule has 0 bridgehead atoms. The van der Waals surface area contributed by atoms with Crippen molar-refractivity contribution in [3.05, 3.63) is 42.5 Å². The Hall–Kier alpha value is -2.82. The Kier molecular flexibility index (Phi) is 6.53. The minimum Gasteiger partial charge on any atom is -0.497 e. The van der Waals surface area contributed by atoms with Gasteiger partial charge >= 0.3 is 11.4 Å². The van der Waals surface area contributed by atoms with Gasteiger partial charge in [0, 0.05) is 5.54 Å². The fourth-order valence-electron chi connectivity index (χ4n) is 0.974. The number of rotatable bonds is 3. The maximum absolute atomic E-state index is 10.4. The predicted molar refractivity (Wildman–Crippen MR) is 81.5 cm³/mol. The molecular weight excluding hydrogens is 312 g/mol. The van der Waals surface area contributed by atoms with E-state index in [0.717, 1.165) is 0 Å². The average Bonchev–Trinajstić information content (AvgIpc) is 2.37. The van der Waals surface area contributed by atoms with Crippen molar-refractivity contribution >= 4 is 17.1 Å². The van der Waals surface area contributed by atoms with Crippen molar-refractivity contribution in [3.8, 4) is 5.75 Å². The van der Waals surface area contributed by atoms with Crippen molar-refractivity contribution in [3.63, 3.8) is 0 Å². The summed E-state index contributed by atoms with van der Waals surface area (Å²) in [5.74, 6) is -1.21. The highest BCUT2D eigenvalue weighted by Crippen LogP contribution is 2.38. The van der Waals surface area contributed by atoms with Crippen LogP contribution in [0.2, 0.25) is 0 Å². The molecule has 23 heavy (non-hydrogen) atoms. The van der Waals surface area contributed by atoms with Crippen LogP contribution in [0.5, 0.6) is 5.75 Å². The quantitative estimate of drug-likeness (QED) is 0.655.